The van der Waals surface area contributed by atoms with Gasteiger partial charge in [-0.3, -0.25) is 4.90 Å². The minimum Gasteiger partial charge on any atom is -0.290 e. The molecule has 1 saturated heterocycles. The van der Waals surface area contributed by atoms with E-state index in [0.29, 0.717) is 31.2 Å². The fourth-order valence-electron chi connectivity index (χ4n) is 3.86. The zero-order valence-corrected chi connectivity index (χ0v) is 18.2. The fourth-order valence-corrected chi connectivity index (χ4v) is 5.41. The average Bonchev–Trinajstić information content (AvgIpc) is 2.77. The third-order valence-corrected chi connectivity index (χ3v) is 7.63. The number of hydrogen-bond donors (Lipinski definition) is 0. The van der Waals surface area contributed by atoms with Crippen LogP contribution in [0.1, 0.15) is 17.2 Å². The number of sulfonamides is 1. The molecular formula is C23H21ClF2N2O2S. The van der Waals surface area contributed by atoms with Crippen molar-refractivity contribution in [2.75, 3.05) is 26.2 Å². The molecule has 1 aliphatic rings. The van der Waals surface area contributed by atoms with E-state index in [1.807, 2.05) is 0 Å². The average molecular weight is 463 g/mol. The summed E-state index contributed by atoms with van der Waals surface area (Å²) in [4.78, 5) is 2.34. The zero-order chi connectivity index (χ0) is 22.0. The summed E-state index contributed by atoms with van der Waals surface area (Å²) in [5.74, 6) is -0.666. The lowest BCUT2D eigenvalue weighted by atomic mass is 9.96. The number of piperazine rings is 1. The van der Waals surface area contributed by atoms with E-state index in [9.17, 15) is 17.2 Å². The highest BCUT2D eigenvalue weighted by atomic mass is 35.5. The fraction of sp³-hybridized carbons (Fsp3) is 0.217. The van der Waals surface area contributed by atoms with Crippen molar-refractivity contribution in [3.05, 3.63) is 101 Å². The van der Waals surface area contributed by atoms with Gasteiger partial charge in [0.2, 0.25) is 10.0 Å². The molecule has 0 aliphatic carbocycles. The lowest BCUT2D eigenvalue weighted by molar-refractivity contribution is 0.155. The van der Waals surface area contributed by atoms with Gasteiger partial charge in [0.25, 0.3) is 0 Å². The van der Waals surface area contributed by atoms with E-state index >= 15 is 0 Å². The standard InChI is InChI=1S/C23H21ClF2N2O2S/c24-19-5-11-22(12-6-19)31(29,30)28-15-13-27(14-16-28)23(17-1-7-20(25)8-2-17)18-3-9-21(26)10-4-18/h1-12,23H,13-16H2. The van der Waals surface area contributed by atoms with Gasteiger partial charge in [0.05, 0.1) is 10.9 Å². The monoisotopic (exact) mass is 462 g/mol. The molecule has 4 nitrogen and oxygen atoms in total. The summed E-state index contributed by atoms with van der Waals surface area (Å²) >= 11 is 5.88. The van der Waals surface area contributed by atoms with Crippen LogP contribution in [0.2, 0.25) is 5.02 Å². The lowest BCUT2D eigenvalue weighted by Gasteiger charge is -2.39. The summed E-state index contributed by atoms with van der Waals surface area (Å²) in [5.41, 5.74) is 1.73. The molecule has 0 amide bonds. The summed E-state index contributed by atoms with van der Waals surface area (Å²) in [7, 11) is -3.62. The highest BCUT2D eigenvalue weighted by Crippen LogP contribution is 2.31. The topological polar surface area (TPSA) is 40.6 Å². The Bertz CT molecular complexity index is 1080. The molecule has 31 heavy (non-hydrogen) atoms. The third kappa shape index (κ3) is 4.80. The Hall–Kier alpha value is -2.32. The number of benzene rings is 3. The Morgan fingerprint density at radius 1 is 0.710 bits per heavy atom. The largest absolute Gasteiger partial charge is 0.290 e. The van der Waals surface area contributed by atoms with Crippen molar-refractivity contribution in [3.63, 3.8) is 0 Å². The van der Waals surface area contributed by atoms with E-state index in [0.717, 1.165) is 11.1 Å². The minimum atomic E-state index is -3.62. The summed E-state index contributed by atoms with van der Waals surface area (Å²) in [6, 6.07) is 18.3. The summed E-state index contributed by atoms with van der Waals surface area (Å²) in [6.45, 7) is 1.58. The second-order valence-electron chi connectivity index (χ2n) is 7.40. The molecule has 0 radical (unpaired) electrons. The number of nitrogens with zero attached hydrogens (tertiary/aromatic N) is 2. The van der Waals surface area contributed by atoms with Gasteiger partial charge in [0.15, 0.2) is 0 Å². The van der Waals surface area contributed by atoms with Crippen LogP contribution in [0.3, 0.4) is 0 Å². The van der Waals surface area contributed by atoms with Crippen molar-refractivity contribution in [1.82, 2.24) is 9.21 Å². The molecular weight excluding hydrogens is 442 g/mol. The summed E-state index contributed by atoms with van der Waals surface area (Å²) in [5, 5.41) is 0.477. The molecule has 1 heterocycles. The van der Waals surface area contributed by atoms with Gasteiger partial charge < -0.3 is 0 Å². The minimum absolute atomic E-state index is 0.207. The molecule has 0 saturated carbocycles. The Balaban J connectivity index is 1.57. The van der Waals surface area contributed by atoms with Crippen molar-refractivity contribution >= 4 is 21.6 Å². The van der Waals surface area contributed by atoms with E-state index in [-0.39, 0.29) is 22.6 Å². The maximum absolute atomic E-state index is 13.5. The van der Waals surface area contributed by atoms with Crippen molar-refractivity contribution < 1.29 is 17.2 Å². The van der Waals surface area contributed by atoms with Crippen LogP contribution in [0, 0.1) is 11.6 Å². The van der Waals surface area contributed by atoms with Gasteiger partial charge in [-0.05, 0) is 59.7 Å². The second kappa shape index (κ2) is 9.04. The van der Waals surface area contributed by atoms with Crippen LogP contribution in [-0.4, -0.2) is 43.8 Å². The molecule has 8 heteroatoms. The first-order valence-corrected chi connectivity index (χ1v) is 11.7. The Kier molecular flexibility index (Phi) is 6.39. The third-order valence-electron chi connectivity index (χ3n) is 5.46. The molecule has 3 aromatic rings. The molecule has 0 aromatic heterocycles. The van der Waals surface area contributed by atoms with E-state index < -0.39 is 10.0 Å². The predicted molar refractivity (Wildman–Crippen MR) is 116 cm³/mol. The van der Waals surface area contributed by atoms with E-state index in [2.05, 4.69) is 4.90 Å². The van der Waals surface area contributed by atoms with E-state index in [1.165, 1.54) is 40.7 Å². The van der Waals surface area contributed by atoms with Crippen LogP contribution in [-0.2, 0) is 10.0 Å². The molecule has 0 atom stereocenters. The number of hydrogen-bond acceptors (Lipinski definition) is 3. The number of rotatable bonds is 5. The maximum Gasteiger partial charge on any atom is 0.243 e. The van der Waals surface area contributed by atoms with Crippen molar-refractivity contribution in [2.45, 2.75) is 10.9 Å². The van der Waals surface area contributed by atoms with Gasteiger partial charge >= 0.3 is 0 Å². The molecule has 1 aliphatic heterocycles. The SMILES string of the molecule is O=S(=O)(c1ccc(Cl)cc1)N1CCN(C(c2ccc(F)cc2)c2ccc(F)cc2)CC1. The van der Waals surface area contributed by atoms with Gasteiger partial charge in [-0.1, -0.05) is 35.9 Å². The highest BCUT2D eigenvalue weighted by molar-refractivity contribution is 7.89. The molecule has 1 fully saturated rings. The number of halogens is 3. The second-order valence-corrected chi connectivity index (χ2v) is 9.77. The zero-order valence-electron chi connectivity index (χ0n) is 16.6. The van der Waals surface area contributed by atoms with Gasteiger partial charge in [0.1, 0.15) is 11.6 Å². The van der Waals surface area contributed by atoms with Gasteiger partial charge in [-0.25, -0.2) is 17.2 Å². The first-order valence-electron chi connectivity index (χ1n) is 9.85. The van der Waals surface area contributed by atoms with Crippen molar-refractivity contribution in [3.8, 4) is 0 Å². The van der Waals surface area contributed by atoms with Crippen molar-refractivity contribution in [2.24, 2.45) is 0 Å². The molecule has 0 N–H and O–H groups in total. The lowest BCUT2D eigenvalue weighted by Crippen LogP contribution is -2.49. The van der Waals surface area contributed by atoms with Crippen LogP contribution in [0.4, 0.5) is 8.78 Å². The van der Waals surface area contributed by atoms with Gasteiger partial charge in [-0.15, -0.1) is 0 Å². The Morgan fingerprint density at radius 2 is 1.16 bits per heavy atom. The summed E-state index contributed by atoms with van der Waals surface area (Å²) in [6.07, 6.45) is 0. The molecule has 4 rings (SSSR count). The molecule has 0 unspecified atom stereocenters. The van der Waals surface area contributed by atoms with Crippen LogP contribution in [0.25, 0.3) is 0 Å². The Morgan fingerprint density at radius 3 is 1.61 bits per heavy atom. The quantitative estimate of drug-likeness (QED) is 0.551. The van der Waals surface area contributed by atoms with E-state index in [4.69, 9.17) is 11.6 Å². The normalized spacial score (nSPS) is 16.0. The Labute approximate surface area is 185 Å². The predicted octanol–water partition coefficient (Wildman–Crippen LogP) is 4.71. The molecule has 3 aromatic carbocycles. The van der Waals surface area contributed by atoms with Crippen LogP contribution < -0.4 is 0 Å². The van der Waals surface area contributed by atoms with Gasteiger partial charge in [0, 0.05) is 31.2 Å². The van der Waals surface area contributed by atoms with Crippen molar-refractivity contribution in [1.29, 1.82) is 0 Å². The van der Waals surface area contributed by atoms with Crippen LogP contribution in [0.5, 0.6) is 0 Å². The van der Waals surface area contributed by atoms with Crippen LogP contribution >= 0.6 is 11.6 Å². The maximum atomic E-state index is 13.5. The summed E-state index contributed by atoms with van der Waals surface area (Å²) < 4.78 is 54.3. The molecule has 0 spiro atoms. The molecule has 0 bridgehead atoms. The first kappa shape index (κ1) is 21.9. The van der Waals surface area contributed by atoms with Gasteiger partial charge in [-0.2, -0.15) is 4.31 Å². The van der Waals surface area contributed by atoms with Crippen LogP contribution in [0.15, 0.2) is 77.7 Å². The smallest absolute Gasteiger partial charge is 0.243 e. The highest BCUT2D eigenvalue weighted by Gasteiger charge is 2.32. The molecule has 162 valence electrons. The first-order chi connectivity index (χ1) is 14.8. The van der Waals surface area contributed by atoms with E-state index in [1.54, 1.807) is 36.4 Å².